The molecule has 0 saturated heterocycles. The van der Waals surface area contributed by atoms with Crippen LogP contribution in [0, 0.1) is 0 Å². The van der Waals surface area contributed by atoms with Crippen LogP contribution in [-0.2, 0) is 4.79 Å². The van der Waals surface area contributed by atoms with Crippen molar-refractivity contribution in [3.8, 4) is 0 Å². The molecule has 0 aromatic rings. The molecule has 0 aliphatic heterocycles. The second kappa shape index (κ2) is 7.84. The molecule has 0 aliphatic carbocycles. The van der Waals surface area contributed by atoms with Gasteiger partial charge in [-0.05, 0) is 19.0 Å². The quantitative estimate of drug-likeness (QED) is 0.556. The zero-order chi connectivity index (χ0) is 10.1. The van der Waals surface area contributed by atoms with E-state index >= 15 is 0 Å². The molecule has 0 rings (SSSR count). The Labute approximate surface area is 81.6 Å². The van der Waals surface area contributed by atoms with Crippen LogP contribution in [0.5, 0.6) is 0 Å². The van der Waals surface area contributed by atoms with Gasteiger partial charge in [0.25, 0.3) is 0 Å². The summed E-state index contributed by atoms with van der Waals surface area (Å²) in [7, 11) is 0. The van der Waals surface area contributed by atoms with Gasteiger partial charge in [-0.25, -0.2) is 0 Å². The summed E-state index contributed by atoms with van der Waals surface area (Å²) in [6, 6.07) is 0. The zero-order valence-electron chi connectivity index (χ0n) is 8.88. The highest BCUT2D eigenvalue weighted by molar-refractivity contribution is 5.77. The Kier molecular flexibility index (Phi) is 7.36. The molecule has 0 atom stereocenters. The molecule has 2 nitrogen and oxygen atoms in total. The normalized spacial score (nSPS) is 9.69. The predicted octanol–water partition coefficient (Wildman–Crippen LogP) is 2.95. The molecular formula is C11H21NO. The van der Waals surface area contributed by atoms with Crippen LogP contribution in [0.4, 0.5) is 0 Å². The number of hydrogen-bond acceptors (Lipinski definition) is 1. The van der Waals surface area contributed by atoms with Crippen molar-refractivity contribution in [3.63, 3.8) is 0 Å². The van der Waals surface area contributed by atoms with Gasteiger partial charge in [0.15, 0.2) is 0 Å². The zero-order valence-corrected chi connectivity index (χ0v) is 8.88. The van der Waals surface area contributed by atoms with Gasteiger partial charge in [0.2, 0.25) is 5.91 Å². The van der Waals surface area contributed by atoms with Crippen molar-refractivity contribution < 1.29 is 4.79 Å². The molecule has 0 heterocycles. The van der Waals surface area contributed by atoms with Crippen molar-refractivity contribution in [2.45, 2.75) is 46.0 Å². The summed E-state index contributed by atoms with van der Waals surface area (Å²) < 4.78 is 0. The number of carbonyl (C=O) groups is 1. The minimum Gasteiger partial charge on any atom is -0.320 e. The van der Waals surface area contributed by atoms with Crippen LogP contribution in [0.1, 0.15) is 46.0 Å². The minimum atomic E-state index is 0.213. The van der Waals surface area contributed by atoms with Crippen molar-refractivity contribution in [2.75, 3.05) is 6.54 Å². The molecule has 1 amide bonds. The molecule has 0 spiro atoms. The molecule has 0 bridgehead atoms. The molecule has 0 aromatic heterocycles. The summed E-state index contributed by atoms with van der Waals surface area (Å²) in [4.78, 5) is 13.2. The van der Waals surface area contributed by atoms with Gasteiger partial charge in [-0.1, -0.05) is 33.3 Å². The number of hydrogen-bond donors (Lipinski definition) is 0. The minimum absolute atomic E-state index is 0.213. The van der Waals surface area contributed by atoms with E-state index in [0.29, 0.717) is 6.42 Å². The fourth-order valence-electron chi connectivity index (χ4n) is 1.23. The highest BCUT2D eigenvalue weighted by Crippen LogP contribution is 2.03. The third-order valence-corrected chi connectivity index (χ3v) is 2.00. The molecular weight excluding hydrogens is 162 g/mol. The average Bonchev–Trinajstić information content (AvgIpc) is 2.14. The topological polar surface area (TPSA) is 20.3 Å². The van der Waals surface area contributed by atoms with Gasteiger partial charge in [-0.2, -0.15) is 0 Å². The Morgan fingerprint density at radius 2 is 2.00 bits per heavy atom. The van der Waals surface area contributed by atoms with Gasteiger partial charge >= 0.3 is 0 Å². The predicted molar refractivity (Wildman–Crippen MR) is 56.3 cm³/mol. The van der Waals surface area contributed by atoms with Crippen molar-refractivity contribution in [3.05, 3.63) is 12.8 Å². The lowest BCUT2D eigenvalue weighted by molar-refractivity contribution is -0.128. The van der Waals surface area contributed by atoms with Crippen LogP contribution in [0.2, 0.25) is 0 Å². The fourth-order valence-corrected chi connectivity index (χ4v) is 1.23. The fraction of sp³-hybridized carbons (Fsp3) is 0.727. The summed E-state index contributed by atoms with van der Waals surface area (Å²) in [5.41, 5.74) is 0. The number of unbranched alkanes of at least 4 members (excludes halogenated alkanes) is 2. The monoisotopic (exact) mass is 183 g/mol. The van der Waals surface area contributed by atoms with E-state index in [1.165, 1.54) is 0 Å². The van der Waals surface area contributed by atoms with Gasteiger partial charge in [-0.15, -0.1) is 0 Å². The van der Waals surface area contributed by atoms with Crippen LogP contribution < -0.4 is 0 Å². The Bertz CT molecular complexity index is 154. The molecule has 0 aromatic carbocycles. The molecule has 0 unspecified atom stereocenters. The Balaban J connectivity index is 3.70. The number of rotatable bonds is 7. The molecule has 0 saturated carbocycles. The molecule has 0 fully saturated rings. The van der Waals surface area contributed by atoms with Crippen LogP contribution in [-0.4, -0.2) is 17.4 Å². The summed E-state index contributed by atoms with van der Waals surface area (Å²) in [6.45, 7) is 8.64. The van der Waals surface area contributed by atoms with E-state index in [4.69, 9.17) is 0 Å². The summed E-state index contributed by atoms with van der Waals surface area (Å²) >= 11 is 0. The lowest BCUT2D eigenvalue weighted by Crippen LogP contribution is -2.25. The van der Waals surface area contributed by atoms with Gasteiger partial charge in [0.1, 0.15) is 0 Å². The molecule has 0 aliphatic rings. The van der Waals surface area contributed by atoms with E-state index in [1.807, 2.05) is 0 Å². The van der Waals surface area contributed by atoms with E-state index in [9.17, 15) is 4.79 Å². The standard InChI is InChI=1S/C11H21NO/c1-4-7-8-9-11(13)12(6-3)10-5-2/h6H,3-5,7-10H2,1-2H3. The Morgan fingerprint density at radius 1 is 1.31 bits per heavy atom. The van der Waals surface area contributed by atoms with Gasteiger partial charge in [0.05, 0.1) is 0 Å². The first-order valence-corrected chi connectivity index (χ1v) is 5.18. The SMILES string of the molecule is C=CN(CCC)C(=O)CCCCC. The number of carbonyl (C=O) groups excluding carboxylic acids is 1. The lowest BCUT2D eigenvalue weighted by Gasteiger charge is -2.16. The second-order valence-corrected chi connectivity index (χ2v) is 3.23. The van der Waals surface area contributed by atoms with Crippen molar-refractivity contribution in [1.82, 2.24) is 4.90 Å². The van der Waals surface area contributed by atoms with Crippen molar-refractivity contribution in [2.24, 2.45) is 0 Å². The van der Waals surface area contributed by atoms with Gasteiger partial charge in [-0.3, -0.25) is 4.79 Å². The molecule has 13 heavy (non-hydrogen) atoms. The van der Waals surface area contributed by atoms with E-state index < -0.39 is 0 Å². The van der Waals surface area contributed by atoms with Crippen molar-refractivity contribution in [1.29, 1.82) is 0 Å². The third kappa shape index (κ3) is 5.45. The van der Waals surface area contributed by atoms with Crippen LogP contribution >= 0.6 is 0 Å². The lowest BCUT2D eigenvalue weighted by atomic mass is 10.2. The first-order chi connectivity index (χ1) is 6.26. The highest BCUT2D eigenvalue weighted by atomic mass is 16.2. The Hall–Kier alpha value is -0.790. The summed E-state index contributed by atoms with van der Waals surface area (Å²) in [5.74, 6) is 0.213. The van der Waals surface area contributed by atoms with E-state index in [1.54, 1.807) is 11.1 Å². The number of nitrogens with zero attached hydrogens (tertiary/aromatic N) is 1. The number of amides is 1. The Morgan fingerprint density at radius 3 is 2.46 bits per heavy atom. The van der Waals surface area contributed by atoms with E-state index in [-0.39, 0.29) is 5.91 Å². The highest BCUT2D eigenvalue weighted by Gasteiger charge is 2.07. The van der Waals surface area contributed by atoms with Crippen molar-refractivity contribution >= 4 is 5.91 Å². The van der Waals surface area contributed by atoms with Crippen LogP contribution in [0.3, 0.4) is 0 Å². The summed E-state index contributed by atoms with van der Waals surface area (Å²) in [5, 5.41) is 0. The molecule has 0 radical (unpaired) electrons. The van der Waals surface area contributed by atoms with Gasteiger partial charge < -0.3 is 4.90 Å². The maximum atomic E-state index is 11.5. The van der Waals surface area contributed by atoms with Crippen LogP contribution in [0.15, 0.2) is 12.8 Å². The average molecular weight is 183 g/mol. The van der Waals surface area contributed by atoms with E-state index in [0.717, 1.165) is 32.2 Å². The second-order valence-electron chi connectivity index (χ2n) is 3.23. The summed E-state index contributed by atoms with van der Waals surface area (Å²) in [6.07, 6.45) is 6.60. The van der Waals surface area contributed by atoms with E-state index in [2.05, 4.69) is 20.4 Å². The maximum Gasteiger partial charge on any atom is 0.226 e. The smallest absolute Gasteiger partial charge is 0.226 e. The molecule has 76 valence electrons. The first-order valence-electron chi connectivity index (χ1n) is 5.18. The van der Waals surface area contributed by atoms with Gasteiger partial charge in [0, 0.05) is 13.0 Å². The largest absolute Gasteiger partial charge is 0.320 e. The first kappa shape index (κ1) is 12.2. The maximum absolute atomic E-state index is 11.5. The third-order valence-electron chi connectivity index (χ3n) is 2.00. The molecule has 0 N–H and O–H groups in total. The molecule has 2 heteroatoms. The van der Waals surface area contributed by atoms with Crippen LogP contribution in [0.25, 0.3) is 0 Å².